The van der Waals surface area contributed by atoms with Gasteiger partial charge < -0.3 is 24.6 Å². The lowest BCUT2D eigenvalue weighted by molar-refractivity contribution is 0.0209. The van der Waals surface area contributed by atoms with Crippen LogP contribution in [0.1, 0.15) is 21.6 Å². The molecule has 0 spiro atoms. The molecule has 0 radical (unpaired) electrons. The zero-order chi connectivity index (χ0) is 22.2. The van der Waals surface area contributed by atoms with E-state index in [1.807, 2.05) is 22.9 Å². The molecule has 2 aromatic heterocycles. The van der Waals surface area contributed by atoms with Crippen LogP contribution in [-0.2, 0) is 24.4 Å². The van der Waals surface area contributed by atoms with Crippen LogP contribution in [0.2, 0.25) is 5.02 Å². The van der Waals surface area contributed by atoms with Crippen LogP contribution in [0.15, 0.2) is 42.7 Å². The highest BCUT2D eigenvalue weighted by atomic mass is 35.5. The van der Waals surface area contributed by atoms with Crippen molar-refractivity contribution in [3.8, 4) is 11.1 Å². The minimum atomic E-state index is -0.391. The van der Waals surface area contributed by atoms with Gasteiger partial charge in [-0.15, -0.1) is 0 Å². The lowest BCUT2D eigenvalue weighted by Gasteiger charge is -2.29. The van der Waals surface area contributed by atoms with Crippen LogP contribution in [0.5, 0.6) is 0 Å². The topological polar surface area (TPSA) is 79.6 Å². The Labute approximate surface area is 189 Å². The summed E-state index contributed by atoms with van der Waals surface area (Å²) in [6.07, 6.45) is 3.52. The number of carbonyl (C=O) groups excluding carboxylic acids is 1. The third-order valence-corrected chi connectivity index (χ3v) is 6.17. The molecule has 0 bridgehead atoms. The number of carbonyl (C=O) groups is 1. The SMILES string of the molecule is O=C1c2cc(-c3cc(NC4COC4)ncc3Cl)cn2CCN1Cc1cc(F)ccc1CO. The minimum absolute atomic E-state index is 0.147. The van der Waals surface area contributed by atoms with Gasteiger partial charge in [0.15, 0.2) is 0 Å². The molecule has 1 fully saturated rings. The summed E-state index contributed by atoms with van der Waals surface area (Å²) >= 11 is 6.42. The maximum absolute atomic E-state index is 13.7. The zero-order valence-electron chi connectivity index (χ0n) is 17.2. The van der Waals surface area contributed by atoms with Gasteiger partial charge in [0, 0.05) is 43.2 Å². The zero-order valence-corrected chi connectivity index (χ0v) is 18.0. The Kier molecular flexibility index (Phi) is 5.58. The van der Waals surface area contributed by atoms with E-state index in [-0.39, 0.29) is 25.1 Å². The highest BCUT2D eigenvalue weighted by Gasteiger charge is 2.27. The summed E-state index contributed by atoms with van der Waals surface area (Å²) in [6, 6.07) is 8.17. The fourth-order valence-corrected chi connectivity index (χ4v) is 4.25. The van der Waals surface area contributed by atoms with Crippen LogP contribution >= 0.6 is 11.6 Å². The van der Waals surface area contributed by atoms with Gasteiger partial charge in [0.1, 0.15) is 17.3 Å². The van der Waals surface area contributed by atoms with Crippen molar-refractivity contribution in [3.63, 3.8) is 0 Å². The van der Waals surface area contributed by atoms with Crippen molar-refractivity contribution >= 4 is 23.3 Å². The number of rotatable bonds is 6. The molecule has 2 N–H and O–H groups in total. The molecule has 5 rings (SSSR count). The first-order chi connectivity index (χ1) is 15.5. The van der Waals surface area contributed by atoms with E-state index in [0.717, 1.165) is 11.1 Å². The van der Waals surface area contributed by atoms with Crippen LogP contribution in [-0.4, -0.2) is 51.3 Å². The van der Waals surface area contributed by atoms with Gasteiger partial charge in [-0.1, -0.05) is 17.7 Å². The van der Waals surface area contributed by atoms with Crippen LogP contribution in [0.3, 0.4) is 0 Å². The smallest absolute Gasteiger partial charge is 0.270 e. The Morgan fingerprint density at radius 1 is 1.22 bits per heavy atom. The summed E-state index contributed by atoms with van der Waals surface area (Å²) in [4.78, 5) is 19.2. The number of fused-ring (bicyclic) bond motifs is 1. The summed E-state index contributed by atoms with van der Waals surface area (Å²) in [5.74, 6) is 0.167. The summed E-state index contributed by atoms with van der Waals surface area (Å²) in [7, 11) is 0. The molecule has 0 atom stereocenters. The molecule has 0 aliphatic carbocycles. The number of pyridine rings is 1. The number of hydrogen-bond acceptors (Lipinski definition) is 5. The average Bonchev–Trinajstić information content (AvgIpc) is 3.19. The molecular weight excluding hydrogens is 435 g/mol. The molecule has 9 heteroatoms. The van der Waals surface area contributed by atoms with Gasteiger partial charge >= 0.3 is 0 Å². The second kappa shape index (κ2) is 8.54. The highest BCUT2D eigenvalue weighted by Crippen LogP contribution is 2.32. The molecule has 1 saturated heterocycles. The first kappa shape index (κ1) is 20.9. The van der Waals surface area contributed by atoms with E-state index in [0.29, 0.717) is 54.0 Å². The Morgan fingerprint density at radius 3 is 2.81 bits per heavy atom. The number of amides is 1. The highest BCUT2D eigenvalue weighted by molar-refractivity contribution is 6.33. The van der Waals surface area contributed by atoms with Gasteiger partial charge in [-0.3, -0.25) is 4.79 Å². The molecule has 1 aromatic carbocycles. The number of aliphatic hydroxyl groups excluding tert-OH is 1. The van der Waals surface area contributed by atoms with Crippen LogP contribution in [0.25, 0.3) is 11.1 Å². The van der Waals surface area contributed by atoms with Gasteiger partial charge in [-0.2, -0.15) is 0 Å². The number of aromatic nitrogens is 2. The number of halogens is 2. The van der Waals surface area contributed by atoms with Crippen molar-refractivity contribution in [2.24, 2.45) is 0 Å². The maximum atomic E-state index is 13.7. The Balaban J connectivity index is 1.40. The summed E-state index contributed by atoms with van der Waals surface area (Å²) < 4.78 is 20.8. The normalized spacial score (nSPS) is 16.1. The lowest BCUT2D eigenvalue weighted by Crippen LogP contribution is -2.40. The van der Waals surface area contributed by atoms with Crippen molar-refractivity contribution in [3.05, 3.63) is 70.4 Å². The van der Waals surface area contributed by atoms with Crippen molar-refractivity contribution in [1.29, 1.82) is 0 Å². The molecular formula is C23H22ClFN4O3. The van der Waals surface area contributed by atoms with E-state index < -0.39 is 5.82 Å². The standard InChI is InChI=1S/C23H22ClFN4O3/c24-20-8-26-22(27-18-12-32-13-18)7-19(20)16-6-21-23(31)29(4-3-28(21)10-16)9-15-5-17(25)2-1-14(15)11-30/h1-2,5-8,10,18,30H,3-4,9,11-13H2,(H,26,27). The molecule has 3 aromatic rings. The molecule has 1 amide bonds. The molecule has 0 saturated carbocycles. The minimum Gasteiger partial charge on any atom is -0.392 e. The van der Waals surface area contributed by atoms with Gasteiger partial charge in [0.2, 0.25) is 0 Å². The molecule has 32 heavy (non-hydrogen) atoms. The van der Waals surface area contributed by atoms with Crippen molar-refractivity contribution in [2.75, 3.05) is 25.1 Å². The van der Waals surface area contributed by atoms with Gasteiger partial charge in [-0.05, 0) is 35.4 Å². The van der Waals surface area contributed by atoms with E-state index in [9.17, 15) is 14.3 Å². The number of nitrogens with zero attached hydrogens (tertiary/aromatic N) is 3. The number of anilines is 1. The van der Waals surface area contributed by atoms with Gasteiger partial charge in [-0.25, -0.2) is 9.37 Å². The second-order valence-electron chi connectivity index (χ2n) is 8.03. The van der Waals surface area contributed by atoms with Gasteiger partial charge in [0.25, 0.3) is 5.91 Å². The Hall–Kier alpha value is -2.94. The van der Waals surface area contributed by atoms with Crippen molar-refractivity contribution in [2.45, 2.75) is 25.7 Å². The first-order valence-corrected chi connectivity index (χ1v) is 10.8. The summed E-state index contributed by atoms with van der Waals surface area (Å²) in [5, 5.41) is 13.4. The monoisotopic (exact) mass is 456 g/mol. The van der Waals surface area contributed by atoms with Crippen molar-refractivity contribution < 1.29 is 19.0 Å². The Bertz CT molecular complexity index is 1180. The third kappa shape index (κ3) is 3.97. The van der Waals surface area contributed by atoms with Crippen LogP contribution in [0, 0.1) is 5.82 Å². The number of ether oxygens (including phenoxy) is 1. The average molecular weight is 457 g/mol. The fraction of sp³-hybridized carbons (Fsp3) is 0.304. The van der Waals surface area contributed by atoms with E-state index >= 15 is 0 Å². The Morgan fingerprint density at radius 2 is 2.06 bits per heavy atom. The maximum Gasteiger partial charge on any atom is 0.270 e. The lowest BCUT2D eigenvalue weighted by atomic mass is 10.1. The van der Waals surface area contributed by atoms with E-state index in [1.54, 1.807) is 17.2 Å². The molecule has 2 aliphatic rings. The molecule has 2 aliphatic heterocycles. The molecule has 7 nitrogen and oxygen atoms in total. The van der Waals surface area contributed by atoms with E-state index in [1.165, 1.54) is 12.1 Å². The molecule has 0 unspecified atom stereocenters. The predicted molar refractivity (Wildman–Crippen MR) is 118 cm³/mol. The second-order valence-corrected chi connectivity index (χ2v) is 8.44. The largest absolute Gasteiger partial charge is 0.392 e. The van der Waals surface area contributed by atoms with Gasteiger partial charge in [0.05, 0.1) is 30.9 Å². The number of aliphatic hydroxyl groups is 1. The summed E-state index contributed by atoms with van der Waals surface area (Å²) in [6.45, 7) is 2.42. The first-order valence-electron chi connectivity index (χ1n) is 10.4. The quantitative estimate of drug-likeness (QED) is 0.595. The fourth-order valence-electron chi connectivity index (χ4n) is 4.03. The van der Waals surface area contributed by atoms with Crippen molar-refractivity contribution in [1.82, 2.24) is 14.5 Å². The van der Waals surface area contributed by atoms with E-state index in [4.69, 9.17) is 16.3 Å². The number of hydrogen-bond donors (Lipinski definition) is 2. The summed E-state index contributed by atoms with van der Waals surface area (Å²) in [5.41, 5.74) is 3.38. The predicted octanol–water partition coefficient (Wildman–Crippen LogP) is 3.30. The molecule has 4 heterocycles. The number of nitrogens with one attached hydrogen (secondary N) is 1. The van der Waals surface area contributed by atoms with Crippen LogP contribution in [0.4, 0.5) is 10.2 Å². The van der Waals surface area contributed by atoms with Crippen LogP contribution < -0.4 is 5.32 Å². The third-order valence-electron chi connectivity index (χ3n) is 5.87. The number of benzene rings is 1. The van der Waals surface area contributed by atoms with E-state index in [2.05, 4.69) is 10.3 Å². The molecule has 166 valence electrons.